The molecule has 1 aromatic rings. The Kier molecular flexibility index (Phi) is 2.68. The Morgan fingerprint density at radius 1 is 1.29 bits per heavy atom. The van der Waals surface area contributed by atoms with Gasteiger partial charge in [-0.25, -0.2) is 4.21 Å². The highest BCUT2D eigenvalue weighted by molar-refractivity contribution is 7.88. The van der Waals surface area contributed by atoms with Crippen LogP contribution in [-0.4, -0.2) is 10.8 Å². The fraction of sp³-hybridized carbons (Fsp3) is 0.273. The third-order valence-electron chi connectivity index (χ3n) is 2.09. The Balaban J connectivity index is 2.22. The molecule has 0 saturated carbocycles. The summed E-state index contributed by atoms with van der Waals surface area (Å²) in [6.45, 7) is 2.67. The minimum absolute atomic E-state index is 0.605. The van der Waals surface area contributed by atoms with E-state index in [2.05, 4.69) is 0 Å². The Morgan fingerprint density at radius 3 is 2.57 bits per heavy atom. The average molecular weight is 208 g/mol. The molecular formula is C11H12O2S. The number of hydrogen-bond acceptors (Lipinski definition) is 2. The van der Waals surface area contributed by atoms with Crippen molar-refractivity contribution in [2.24, 2.45) is 0 Å². The van der Waals surface area contributed by atoms with E-state index in [1.165, 1.54) is 5.56 Å². The quantitative estimate of drug-likeness (QED) is 0.745. The van der Waals surface area contributed by atoms with E-state index >= 15 is 0 Å². The molecule has 14 heavy (non-hydrogen) atoms. The Bertz CT molecular complexity index is 379. The lowest BCUT2D eigenvalue weighted by molar-refractivity contribution is 0.268. The number of aryl methyl sites for hydroxylation is 1. The molecule has 1 heterocycles. The fourth-order valence-corrected chi connectivity index (χ4v) is 2.38. The average Bonchev–Trinajstić information content (AvgIpc) is 2.71. The van der Waals surface area contributed by atoms with Gasteiger partial charge in [0.2, 0.25) is 0 Å². The van der Waals surface area contributed by atoms with Crippen molar-refractivity contribution < 1.29 is 8.95 Å². The van der Waals surface area contributed by atoms with E-state index in [0.717, 1.165) is 11.3 Å². The smallest absolute Gasteiger partial charge is 0.184 e. The molecule has 1 unspecified atom stereocenters. The first-order chi connectivity index (χ1) is 6.77. The number of ether oxygens (including phenoxy) is 1. The molecule has 1 aliphatic heterocycles. The van der Waals surface area contributed by atoms with E-state index in [1.54, 1.807) is 0 Å². The highest BCUT2D eigenvalue weighted by Gasteiger charge is 2.14. The summed E-state index contributed by atoms with van der Waals surface area (Å²) >= 11 is 0. The SMILES string of the molecule is Cc1ccc(S(=O)C2=CCCO2)cc1. The molecule has 2 rings (SSSR count). The van der Waals surface area contributed by atoms with Crippen LogP contribution in [0.1, 0.15) is 12.0 Å². The molecule has 3 heteroatoms. The molecule has 1 aromatic carbocycles. The van der Waals surface area contributed by atoms with Gasteiger partial charge >= 0.3 is 0 Å². The van der Waals surface area contributed by atoms with Gasteiger partial charge in [-0.1, -0.05) is 17.7 Å². The van der Waals surface area contributed by atoms with Crippen molar-refractivity contribution in [1.29, 1.82) is 0 Å². The van der Waals surface area contributed by atoms with Crippen LogP contribution < -0.4 is 0 Å². The van der Waals surface area contributed by atoms with Crippen molar-refractivity contribution >= 4 is 10.8 Å². The molecule has 1 aliphatic rings. The summed E-state index contributed by atoms with van der Waals surface area (Å²) in [6.07, 6.45) is 2.77. The molecule has 0 bridgehead atoms. The van der Waals surface area contributed by atoms with Gasteiger partial charge in [0, 0.05) is 11.3 Å². The van der Waals surface area contributed by atoms with E-state index in [9.17, 15) is 4.21 Å². The zero-order chi connectivity index (χ0) is 9.97. The van der Waals surface area contributed by atoms with Gasteiger partial charge in [-0.15, -0.1) is 0 Å². The van der Waals surface area contributed by atoms with Gasteiger partial charge < -0.3 is 4.74 Å². The number of rotatable bonds is 2. The third kappa shape index (κ3) is 1.87. The molecule has 0 aliphatic carbocycles. The van der Waals surface area contributed by atoms with E-state index in [1.807, 2.05) is 37.3 Å². The van der Waals surface area contributed by atoms with Crippen molar-refractivity contribution in [3.63, 3.8) is 0 Å². The predicted octanol–water partition coefficient (Wildman–Crippen LogP) is 2.36. The molecule has 0 spiro atoms. The van der Waals surface area contributed by atoms with Crippen LogP contribution in [-0.2, 0) is 15.5 Å². The summed E-state index contributed by atoms with van der Waals surface area (Å²) in [5.74, 6) is 0. The van der Waals surface area contributed by atoms with Crippen molar-refractivity contribution in [3.8, 4) is 0 Å². The van der Waals surface area contributed by atoms with Crippen LogP contribution in [0.15, 0.2) is 40.3 Å². The molecule has 74 valence electrons. The van der Waals surface area contributed by atoms with Crippen LogP contribution >= 0.6 is 0 Å². The van der Waals surface area contributed by atoms with Gasteiger partial charge in [-0.05, 0) is 25.1 Å². The zero-order valence-corrected chi connectivity index (χ0v) is 8.84. The molecule has 1 atom stereocenters. The second-order valence-corrected chi connectivity index (χ2v) is 4.65. The van der Waals surface area contributed by atoms with Crippen LogP contribution in [0.5, 0.6) is 0 Å². The van der Waals surface area contributed by atoms with Crippen LogP contribution in [0, 0.1) is 6.92 Å². The molecule has 0 radical (unpaired) electrons. The predicted molar refractivity (Wildman–Crippen MR) is 56.2 cm³/mol. The maximum Gasteiger partial charge on any atom is 0.184 e. The summed E-state index contributed by atoms with van der Waals surface area (Å²) in [4.78, 5) is 0.809. The van der Waals surface area contributed by atoms with Crippen LogP contribution in [0.2, 0.25) is 0 Å². The monoisotopic (exact) mass is 208 g/mol. The van der Waals surface area contributed by atoms with E-state index in [4.69, 9.17) is 4.74 Å². The van der Waals surface area contributed by atoms with Gasteiger partial charge in [0.25, 0.3) is 0 Å². The topological polar surface area (TPSA) is 26.3 Å². The largest absolute Gasteiger partial charge is 0.484 e. The normalized spacial score (nSPS) is 17.4. The van der Waals surface area contributed by atoms with Crippen LogP contribution in [0.25, 0.3) is 0 Å². The highest BCUT2D eigenvalue weighted by Crippen LogP contribution is 2.20. The maximum atomic E-state index is 11.9. The van der Waals surface area contributed by atoms with Crippen molar-refractivity contribution in [2.45, 2.75) is 18.2 Å². The minimum Gasteiger partial charge on any atom is -0.484 e. The van der Waals surface area contributed by atoms with Gasteiger partial charge in [-0.2, -0.15) is 0 Å². The van der Waals surface area contributed by atoms with E-state index in [-0.39, 0.29) is 0 Å². The zero-order valence-electron chi connectivity index (χ0n) is 8.03. The maximum absolute atomic E-state index is 11.9. The lowest BCUT2D eigenvalue weighted by Crippen LogP contribution is -1.96. The van der Waals surface area contributed by atoms with Crippen molar-refractivity contribution in [3.05, 3.63) is 41.0 Å². The van der Waals surface area contributed by atoms with E-state index < -0.39 is 10.8 Å². The second-order valence-electron chi connectivity index (χ2n) is 3.24. The first kappa shape index (κ1) is 9.46. The third-order valence-corrected chi connectivity index (χ3v) is 3.44. The Labute approximate surface area is 86.0 Å². The van der Waals surface area contributed by atoms with E-state index in [0.29, 0.717) is 11.7 Å². The molecule has 0 saturated heterocycles. The highest BCUT2D eigenvalue weighted by atomic mass is 32.2. The Hall–Kier alpha value is -1.09. The second kappa shape index (κ2) is 3.96. The van der Waals surface area contributed by atoms with Gasteiger partial charge in [0.1, 0.15) is 10.8 Å². The summed E-state index contributed by atoms with van der Waals surface area (Å²) in [5, 5.41) is 0.605. The summed E-state index contributed by atoms with van der Waals surface area (Å²) in [7, 11) is -1.13. The summed E-state index contributed by atoms with van der Waals surface area (Å²) < 4.78 is 17.1. The molecule has 0 fully saturated rings. The van der Waals surface area contributed by atoms with Gasteiger partial charge in [-0.3, -0.25) is 0 Å². The molecular weight excluding hydrogens is 196 g/mol. The summed E-state index contributed by atoms with van der Waals surface area (Å²) in [5.41, 5.74) is 1.17. The molecule has 0 amide bonds. The summed E-state index contributed by atoms with van der Waals surface area (Å²) in [6, 6.07) is 7.69. The van der Waals surface area contributed by atoms with Gasteiger partial charge in [0.15, 0.2) is 5.09 Å². The van der Waals surface area contributed by atoms with Crippen molar-refractivity contribution in [1.82, 2.24) is 0 Å². The minimum atomic E-state index is -1.13. The lowest BCUT2D eigenvalue weighted by Gasteiger charge is -2.03. The van der Waals surface area contributed by atoms with Gasteiger partial charge in [0.05, 0.1) is 6.61 Å². The first-order valence-electron chi connectivity index (χ1n) is 4.59. The van der Waals surface area contributed by atoms with Crippen molar-refractivity contribution in [2.75, 3.05) is 6.61 Å². The number of hydrogen-bond donors (Lipinski definition) is 0. The number of benzene rings is 1. The Morgan fingerprint density at radius 2 is 2.00 bits per heavy atom. The molecule has 0 N–H and O–H groups in total. The fourth-order valence-electron chi connectivity index (χ4n) is 1.30. The van der Waals surface area contributed by atoms with Crippen LogP contribution in [0.4, 0.5) is 0 Å². The first-order valence-corrected chi connectivity index (χ1v) is 5.74. The standard InChI is InChI=1S/C11H12O2S/c1-9-4-6-10(7-5-9)14(12)11-3-2-8-13-11/h3-7H,2,8H2,1H3. The van der Waals surface area contributed by atoms with Crippen LogP contribution in [0.3, 0.4) is 0 Å². The molecule has 2 nitrogen and oxygen atoms in total. The molecule has 0 aromatic heterocycles. The lowest BCUT2D eigenvalue weighted by atomic mass is 10.2.